The predicted molar refractivity (Wildman–Crippen MR) is 160 cm³/mol. The molecule has 47 heavy (non-hydrogen) atoms. The first-order valence-electron chi connectivity index (χ1n) is 14.5. The first kappa shape index (κ1) is 42.8. The number of aliphatic carboxylic acids is 1. The average Bonchev–Trinajstić information content (AvgIpc) is 2.96. The lowest BCUT2D eigenvalue weighted by Crippen LogP contribution is -2.56. The highest BCUT2D eigenvalue weighted by atomic mass is 31.2. The number of aliphatic imine (C=N–C) groups is 1. The fourth-order valence-corrected chi connectivity index (χ4v) is 4.83. The Morgan fingerprint density at radius 2 is 1.60 bits per heavy atom. The van der Waals surface area contributed by atoms with Crippen molar-refractivity contribution in [2.45, 2.75) is 84.0 Å². The van der Waals surface area contributed by atoms with Crippen LogP contribution in [0.5, 0.6) is 0 Å². The number of guanidine groups is 1. The zero-order valence-electron chi connectivity index (χ0n) is 26.5. The molecule has 0 aromatic carbocycles. The quantitative estimate of drug-likeness (QED) is 0.0157. The highest BCUT2D eigenvalue weighted by molar-refractivity contribution is 7.54. The highest BCUT2D eigenvalue weighted by Gasteiger charge is 2.33. The Morgan fingerprint density at radius 1 is 0.957 bits per heavy atom. The van der Waals surface area contributed by atoms with E-state index in [9.17, 15) is 48.6 Å². The molecule has 12 N–H and O–H groups in total. The Kier molecular flexibility index (Phi) is 19.6. The number of nitrogens with zero attached hydrogens (tertiary/aromatic N) is 2. The van der Waals surface area contributed by atoms with Gasteiger partial charge in [-0.15, -0.1) is 0 Å². The van der Waals surface area contributed by atoms with Crippen LogP contribution in [0.15, 0.2) is 4.99 Å². The van der Waals surface area contributed by atoms with Gasteiger partial charge in [0.25, 0.3) is 5.96 Å². The third-order valence-electron chi connectivity index (χ3n) is 6.36. The van der Waals surface area contributed by atoms with Gasteiger partial charge in [0.05, 0.1) is 13.2 Å². The van der Waals surface area contributed by atoms with E-state index < -0.39 is 91.2 Å². The second-order valence-electron chi connectivity index (χ2n) is 10.2. The predicted octanol–water partition coefficient (Wildman–Crippen LogP) is -4.87. The van der Waals surface area contributed by atoms with E-state index >= 15 is 0 Å². The van der Waals surface area contributed by atoms with Crippen LogP contribution < -0.4 is 53.0 Å². The molecule has 0 radical (unpaired) electrons. The number of hydrogen-bond acceptors (Lipinski definition) is 12. The first-order chi connectivity index (χ1) is 21.8. The Bertz CT molecular complexity index is 1140. The van der Waals surface area contributed by atoms with Gasteiger partial charge in [-0.3, -0.25) is 24.0 Å². The summed E-state index contributed by atoms with van der Waals surface area (Å²) in [5.74, 6) is -6.71. The Labute approximate surface area is 270 Å². The van der Waals surface area contributed by atoms with Crippen LogP contribution in [0.3, 0.4) is 0 Å². The number of rotatable bonds is 23. The normalized spacial score (nSPS) is 14.8. The molecule has 0 saturated carbocycles. The lowest BCUT2D eigenvalue weighted by molar-refractivity contribution is -0.822. The standard InChI is InChI=1S/C24H45N10O12P/c1-5-13(3)19(33-47(44,45)46-6-2)22(39)29-14(4)20(37)28-12-18(36)30-15(9-10-17(25)35)21(38)31-16(23(40)41)8-7-11-27-24(26)32-34(42)43/h13-16,19H,5-12H2,1-4H3,(H12-,25,26,27,28,29,30,31,32,33,35,36,37,38,39,40,41,42,43,44,45)/t13-,14-,15-,16-,19-/m0/s1. The highest BCUT2D eigenvalue weighted by Crippen LogP contribution is 2.37. The second kappa shape index (κ2) is 21.5. The Balaban J connectivity index is 5.29. The molecule has 0 aliphatic heterocycles. The lowest BCUT2D eigenvalue weighted by Gasteiger charge is -2.37. The molecule has 0 spiro atoms. The number of carbonyl (C=O) groups is 6. The summed E-state index contributed by atoms with van der Waals surface area (Å²) in [7, 11) is -4.57. The van der Waals surface area contributed by atoms with Crippen molar-refractivity contribution in [3.05, 3.63) is 4.91 Å². The summed E-state index contributed by atoms with van der Waals surface area (Å²) in [6, 6.07) is -5.39. The van der Waals surface area contributed by atoms with Crippen molar-refractivity contribution in [3.63, 3.8) is 0 Å². The van der Waals surface area contributed by atoms with E-state index in [1.807, 2.05) is 0 Å². The maximum atomic E-state index is 12.9. The van der Waals surface area contributed by atoms with Crippen LogP contribution in [0, 0.1) is 10.8 Å². The largest absolute Gasteiger partial charge is 0.645 e. The summed E-state index contributed by atoms with van der Waals surface area (Å²) in [5, 5.41) is 28.6. The molecule has 5 amide bonds. The van der Waals surface area contributed by atoms with Gasteiger partial charge < -0.3 is 47.6 Å². The van der Waals surface area contributed by atoms with E-state index in [0.29, 0.717) is 6.42 Å². The number of carbonyl (C=O) groups excluding carboxylic acids is 5. The van der Waals surface area contributed by atoms with E-state index in [0.717, 1.165) is 0 Å². The van der Waals surface area contributed by atoms with Gasteiger partial charge in [-0.25, -0.2) is 19.5 Å². The summed E-state index contributed by atoms with van der Waals surface area (Å²) in [6.45, 7) is 5.14. The number of hydrogen-bond donors (Lipinski definition) is 10. The van der Waals surface area contributed by atoms with Crippen molar-refractivity contribution in [1.29, 1.82) is 0 Å². The average molecular weight is 697 g/mol. The van der Waals surface area contributed by atoms with Gasteiger partial charge in [-0.2, -0.15) is 5.09 Å². The van der Waals surface area contributed by atoms with Crippen LogP contribution in [0.2, 0.25) is 0 Å². The number of amides is 5. The molecule has 0 aliphatic rings. The monoisotopic (exact) mass is 696 g/mol. The Morgan fingerprint density at radius 3 is 2.13 bits per heavy atom. The smallest absolute Gasteiger partial charge is 0.362 e. The van der Waals surface area contributed by atoms with Gasteiger partial charge in [0, 0.05) is 13.0 Å². The molecule has 0 rings (SSSR count). The van der Waals surface area contributed by atoms with Gasteiger partial charge in [-0.05, 0) is 44.5 Å². The molecule has 5 atom stereocenters. The van der Waals surface area contributed by atoms with Gasteiger partial charge in [0.1, 0.15) is 37.2 Å². The molecule has 0 aromatic heterocycles. The number of carboxylic acid groups (broad SMARTS) is 1. The zero-order valence-corrected chi connectivity index (χ0v) is 27.4. The van der Waals surface area contributed by atoms with Crippen molar-refractivity contribution in [2.75, 3.05) is 19.7 Å². The Hall–Kier alpha value is -4.24. The van der Waals surface area contributed by atoms with Gasteiger partial charge in [-0.1, -0.05) is 20.3 Å². The van der Waals surface area contributed by atoms with E-state index in [1.54, 1.807) is 19.3 Å². The van der Waals surface area contributed by atoms with Gasteiger partial charge in [0.2, 0.25) is 29.5 Å². The third kappa shape index (κ3) is 18.5. The maximum absolute atomic E-state index is 12.9. The minimum atomic E-state index is -4.57. The second-order valence-corrected chi connectivity index (χ2v) is 11.7. The van der Waals surface area contributed by atoms with Crippen LogP contribution in [-0.4, -0.2) is 101 Å². The topological polar surface area (TPSA) is 355 Å². The van der Waals surface area contributed by atoms with E-state index in [-0.39, 0.29) is 38.8 Å². The summed E-state index contributed by atoms with van der Waals surface area (Å²) in [6.07, 6.45) is -0.377. The summed E-state index contributed by atoms with van der Waals surface area (Å²) >= 11 is 0. The molecular formula is C24H45N10O12P. The molecule has 0 saturated heterocycles. The molecule has 0 unspecified atom stereocenters. The molecule has 268 valence electrons. The molecule has 22 nitrogen and oxygen atoms in total. The molecule has 23 heteroatoms. The molecule has 0 aliphatic carbocycles. The third-order valence-corrected chi connectivity index (χ3v) is 7.55. The molecule has 0 aromatic rings. The first-order valence-corrected chi connectivity index (χ1v) is 16.0. The molecule has 0 fully saturated rings. The molecule has 0 heterocycles. The number of primary amides is 1. The minimum Gasteiger partial charge on any atom is -0.645 e. The number of carboxylic acids is 1. The van der Waals surface area contributed by atoms with Crippen LogP contribution in [0.25, 0.3) is 0 Å². The summed E-state index contributed by atoms with van der Waals surface area (Å²) in [4.78, 5) is 112. The van der Waals surface area contributed by atoms with Crippen molar-refractivity contribution in [3.8, 4) is 0 Å². The molecular weight excluding hydrogens is 651 g/mol. The SMILES string of the molecule is CCO[P+]([O-])([O-])N[C@H](C(=O)N[C@@H](C)C(=O)NCC(=O)N[C@@H](CCC(N)=O)C(=O)N[C@@H](CCCN=C(N)N[N+](=O)O)C(=O)O)[C@@H](C)CC. The van der Waals surface area contributed by atoms with Crippen molar-refractivity contribution < 1.29 is 58.4 Å². The zero-order chi connectivity index (χ0) is 36.3. The lowest BCUT2D eigenvalue weighted by atomic mass is 9.99. The van der Waals surface area contributed by atoms with E-state index in [2.05, 4.69) is 35.9 Å². The van der Waals surface area contributed by atoms with Crippen LogP contribution in [0.4, 0.5) is 0 Å². The van der Waals surface area contributed by atoms with E-state index in [1.165, 1.54) is 13.8 Å². The number of nitrogens with one attached hydrogen (secondary N) is 6. The van der Waals surface area contributed by atoms with Crippen molar-refractivity contribution in [1.82, 2.24) is 31.8 Å². The fourth-order valence-electron chi connectivity index (χ4n) is 3.71. The van der Waals surface area contributed by atoms with E-state index in [4.69, 9.17) is 16.7 Å². The summed E-state index contributed by atoms with van der Waals surface area (Å²) < 4.78 is 4.65. The van der Waals surface area contributed by atoms with Gasteiger partial charge >= 0.3 is 11.0 Å². The number of nitrogens with two attached hydrogens (primary N) is 2. The fraction of sp³-hybridized carbons (Fsp3) is 0.708. The number of hydrazine groups is 1. The van der Waals surface area contributed by atoms with Crippen LogP contribution >= 0.6 is 8.09 Å². The maximum Gasteiger partial charge on any atom is 0.362 e. The van der Waals surface area contributed by atoms with Crippen molar-refractivity contribution in [2.24, 2.45) is 22.4 Å². The minimum absolute atomic E-state index is 0.0554. The summed E-state index contributed by atoms with van der Waals surface area (Å²) in [5.41, 5.74) is 12.2. The van der Waals surface area contributed by atoms with Crippen LogP contribution in [-0.2, 0) is 33.3 Å². The van der Waals surface area contributed by atoms with Crippen molar-refractivity contribution >= 4 is 49.6 Å². The van der Waals surface area contributed by atoms with Gasteiger partial charge in [0.15, 0.2) is 0 Å². The van der Waals surface area contributed by atoms with Crippen LogP contribution in [0.1, 0.15) is 59.8 Å². The molecule has 0 bridgehead atoms.